The number of aromatic nitrogens is 1. The SMILES string of the molecule is NCc1cc(Cl)c(Cl)cn1. The predicted octanol–water partition coefficient (Wildman–Crippen LogP) is 1.85. The summed E-state index contributed by atoms with van der Waals surface area (Å²) in [4.78, 5) is 3.92. The largest absolute Gasteiger partial charge is 0.325 e. The van der Waals surface area contributed by atoms with Crippen molar-refractivity contribution < 1.29 is 0 Å². The van der Waals surface area contributed by atoms with Gasteiger partial charge in [0.15, 0.2) is 0 Å². The third-order valence-electron chi connectivity index (χ3n) is 1.07. The van der Waals surface area contributed by atoms with Crippen molar-refractivity contribution in [1.82, 2.24) is 4.98 Å². The quantitative estimate of drug-likeness (QED) is 0.710. The smallest absolute Gasteiger partial charge is 0.0775 e. The molecular weight excluding hydrogens is 171 g/mol. The molecule has 0 unspecified atom stereocenters. The van der Waals surface area contributed by atoms with Crippen LogP contribution < -0.4 is 5.73 Å². The maximum atomic E-state index is 5.67. The Morgan fingerprint density at radius 3 is 2.60 bits per heavy atom. The molecule has 4 heteroatoms. The molecule has 0 radical (unpaired) electrons. The van der Waals surface area contributed by atoms with Gasteiger partial charge >= 0.3 is 0 Å². The van der Waals surface area contributed by atoms with Crippen molar-refractivity contribution in [1.29, 1.82) is 0 Å². The Labute approximate surface area is 69.0 Å². The first kappa shape index (κ1) is 7.79. The first-order valence-electron chi connectivity index (χ1n) is 2.74. The number of nitrogens with zero attached hydrogens (tertiary/aromatic N) is 1. The molecule has 2 N–H and O–H groups in total. The van der Waals surface area contributed by atoms with Gasteiger partial charge in [0.25, 0.3) is 0 Å². The van der Waals surface area contributed by atoms with Crippen LogP contribution in [0.4, 0.5) is 0 Å². The van der Waals surface area contributed by atoms with Crippen LogP contribution in [0.15, 0.2) is 12.3 Å². The Morgan fingerprint density at radius 2 is 2.10 bits per heavy atom. The van der Waals surface area contributed by atoms with Gasteiger partial charge in [-0.15, -0.1) is 0 Å². The molecule has 0 spiro atoms. The zero-order valence-electron chi connectivity index (χ0n) is 5.14. The average molecular weight is 177 g/mol. The Balaban J connectivity index is 3.04. The molecule has 1 heterocycles. The van der Waals surface area contributed by atoms with Crippen LogP contribution in [-0.2, 0) is 6.54 Å². The predicted molar refractivity (Wildman–Crippen MR) is 42.1 cm³/mol. The highest BCUT2D eigenvalue weighted by molar-refractivity contribution is 6.41. The molecule has 0 amide bonds. The van der Waals surface area contributed by atoms with Gasteiger partial charge in [0.2, 0.25) is 0 Å². The van der Waals surface area contributed by atoms with E-state index in [1.54, 1.807) is 6.07 Å². The van der Waals surface area contributed by atoms with Gasteiger partial charge < -0.3 is 5.73 Å². The summed E-state index contributed by atoms with van der Waals surface area (Å²) in [6.07, 6.45) is 1.49. The van der Waals surface area contributed by atoms with Crippen molar-refractivity contribution in [2.45, 2.75) is 6.54 Å². The summed E-state index contributed by atoms with van der Waals surface area (Å²) in [5.41, 5.74) is 6.05. The fourth-order valence-electron chi connectivity index (χ4n) is 0.565. The van der Waals surface area contributed by atoms with E-state index in [1.807, 2.05) is 0 Å². The second-order valence-electron chi connectivity index (χ2n) is 1.79. The fourth-order valence-corrected chi connectivity index (χ4v) is 0.843. The monoisotopic (exact) mass is 176 g/mol. The second kappa shape index (κ2) is 3.19. The first-order chi connectivity index (χ1) is 4.74. The van der Waals surface area contributed by atoms with Crippen LogP contribution in [0.5, 0.6) is 0 Å². The van der Waals surface area contributed by atoms with E-state index in [-0.39, 0.29) is 0 Å². The third-order valence-corrected chi connectivity index (χ3v) is 1.78. The Bertz CT molecular complexity index is 237. The summed E-state index contributed by atoms with van der Waals surface area (Å²) in [6.45, 7) is 0.386. The summed E-state index contributed by atoms with van der Waals surface area (Å²) in [5.74, 6) is 0. The molecule has 0 aliphatic carbocycles. The number of rotatable bonds is 1. The molecule has 0 saturated heterocycles. The zero-order chi connectivity index (χ0) is 7.56. The van der Waals surface area contributed by atoms with E-state index >= 15 is 0 Å². The fraction of sp³-hybridized carbons (Fsp3) is 0.167. The number of pyridine rings is 1. The van der Waals surface area contributed by atoms with Gasteiger partial charge in [-0.3, -0.25) is 4.98 Å². The second-order valence-corrected chi connectivity index (χ2v) is 2.61. The van der Waals surface area contributed by atoms with E-state index in [4.69, 9.17) is 28.9 Å². The molecule has 2 nitrogen and oxygen atoms in total. The minimum absolute atomic E-state index is 0.386. The van der Waals surface area contributed by atoms with Gasteiger partial charge in [-0.05, 0) is 6.07 Å². The van der Waals surface area contributed by atoms with Crippen LogP contribution in [0.2, 0.25) is 10.0 Å². The molecule has 0 saturated carbocycles. The van der Waals surface area contributed by atoms with E-state index in [1.165, 1.54) is 6.20 Å². The Kier molecular flexibility index (Phi) is 2.49. The first-order valence-corrected chi connectivity index (χ1v) is 3.49. The van der Waals surface area contributed by atoms with Gasteiger partial charge in [0.1, 0.15) is 0 Å². The van der Waals surface area contributed by atoms with Gasteiger partial charge in [0.05, 0.1) is 15.7 Å². The van der Waals surface area contributed by atoms with Crippen LogP contribution in [-0.4, -0.2) is 4.98 Å². The molecule has 0 fully saturated rings. The van der Waals surface area contributed by atoms with Crippen molar-refractivity contribution in [3.05, 3.63) is 28.0 Å². The van der Waals surface area contributed by atoms with Crippen LogP contribution >= 0.6 is 23.2 Å². The van der Waals surface area contributed by atoms with Crippen molar-refractivity contribution in [2.24, 2.45) is 5.73 Å². The Hall–Kier alpha value is -0.310. The minimum Gasteiger partial charge on any atom is -0.325 e. The average Bonchev–Trinajstić information content (AvgIpc) is 1.95. The van der Waals surface area contributed by atoms with Crippen molar-refractivity contribution in [2.75, 3.05) is 0 Å². The molecule has 0 aliphatic heterocycles. The van der Waals surface area contributed by atoms with Gasteiger partial charge in [-0.2, -0.15) is 0 Å². The molecule has 10 heavy (non-hydrogen) atoms. The minimum atomic E-state index is 0.386. The lowest BCUT2D eigenvalue weighted by Crippen LogP contribution is -1.98. The lowest BCUT2D eigenvalue weighted by Gasteiger charge is -1.96. The molecule has 1 aromatic heterocycles. The normalized spacial score (nSPS) is 9.90. The zero-order valence-corrected chi connectivity index (χ0v) is 6.65. The van der Waals surface area contributed by atoms with E-state index in [9.17, 15) is 0 Å². The highest BCUT2D eigenvalue weighted by Gasteiger charge is 1.97. The molecule has 0 atom stereocenters. The van der Waals surface area contributed by atoms with Crippen LogP contribution in [0.25, 0.3) is 0 Å². The highest BCUT2D eigenvalue weighted by Crippen LogP contribution is 2.20. The van der Waals surface area contributed by atoms with E-state index in [2.05, 4.69) is 4.98 Å². The lowest BCUT2D eigenvalue weighted by atomic mass is 10.3. The number of halogens is 2. The van der Waals surface area contributed by atoms with Crippen molar-refractivity contribution >= 4 is 23.2 Å². The molecule has 1 aromatic rings. The molecule has 0 bridgehead atoms. The van der Waals surface area contributed by atoms with E-state index in [0.29, 0.717) is 16.6 Å². The summed E-state index contributed by atoms with van der Waals surface area (Å²) < 4.78 is 0. The highest BCUT2D eigenvalue weighted by atomic mass is 35.5. The summed E-state index contributed by atoms with van der Waals surface area (Å²) in [7, 11) is 0. The van der Waals surface area contributed by atoms with E-state index < -0.39 is 0 Å². The molecule has 0 aromatic carbocycles. The van der Waals surface area contributed by atoms with Crippen LogP contribution in [0.1, 0.15) is 5.69 Å². The van der Waals surface area contributed by atoms with Crippen molar-refractivity contribution in [3.8, 4) is 0 Å². The van der Waals surface area contributed by atoms with Gasteiger partial charge in [0, 0.05) is 12.7 Å². The maximum absolute atomic E-state index is 5.67. The van der Waals surface area contributed by atoms with Crippen LogP contribution in [0.3, 0.4) is 0 Å². The van der Waals surface area contributed by atoms with Gasteiger partial charge in [-0.1, -0.05) is 23.2 Å². The maximum Gasteiger partial charge on any atom is 0.0775 e. The molecule has 54 valence electrons. The van der Waals surface area contributed by atoms with E-state index in [0.717, 1.165) is 5.69 Å². The topological polar surface area (TPSA) is 38.9 Å². The summed E-state index contributed by atoms with van der Waals surface area (Å²) in [6, 6.07) is 1.66. The summed E-state index contributed by atoms with van der Waals surface area (Å²) in [5, 5.41) is 0.955. The third kappa shape index (κ3) is 1.59. The van der Waals surface area contributed by atoms with Crippen molar-refractivity contribution in [3.63, 3.8) is 0 Å². The van der Waals surface area contributed by atoms with Gasteiger partial charge in [-0.25, -0.2) is 0 Å². The number of hydrogen-bond donors (Lipinski definition) is 1. The summed E-state index contributed by atoms with van der Waals surface area (Å²) >= 11 is 11.3. The standard InChI is InChI=1S/C6H6Cl2N2/c7-5-1-4(2-9)10-3-6(5)8/h1,3H,2,9H2. The number of nitrogens with two attached hydrogens (primary N) is 1. The van der Waals surface area contributed by atoms with Crippen LogP contribution in [0, 0.1) is 0 Å². The number of hydrogen-bond acceptors (Lipinski definition) is 2. The molecular formula is C6H6Cl2N2. The molecule has 1 rings (SSSR count). The lowest BCUT2D eigenvalue weighted by molar-refractivity contribution is 0.991. The Morgan fingerprint density at radius 1 is 1.40 bits per heavy atom. The molecule has 0 aliphatic rings.